The maximum Gasteiger partial charge on any atom is 0.131 e. The number of aryl methyl sites for hydroxylation is 1. The van der Waals surface area contributed by atoms with E-state index in [1.807, 2.05) is 24.3 Å². The lowest BCUT2D eigenvalue weighted by Crippen LogP contribution is -2.14. The Morgan fingerprint density at radius 2 is 1.78 bits per heavy atom. The van der Waals surface area contributed by atoms with E-state index in [0.717, 1.165) is 42.7 Å². The van der Waals surface area contributed by atoms with E-state index in [1.165, 1.54) is 31.7 Å². The summed E-state index contributed by atoms with van der Waals surface area (Å²) in [4.78, 5) is 0. The summed E-state index contributed by atoms with van der Waals surface area (Å²) < 4.78 is 29.3. The Morgan fingerprint density at radius 1 is 1.00 bits per heavy atom. The Hall–Kier alpha value is -1.96. The monoisotopic (exact) mass is 368 g/mol. The van der Waals surface area contributed by atoms with Gasteiger partial charge in [-0.3, -0.25) is 0 Å². The van der Waals surface area contributed by atoms with Crippen LogP contribution in [0.25, 0.3) is 11.1 Å². The lowest BCUT2D eigenvalue weighted by Gasteiger charge is -2.29. The zero-order chi connectivity index (χ0) is 19.2. The van der Waals surface area contributed by atoms with Crippen LogP contribution in [0.3, 0.4) is 0 Å². The lowest BCUT2D eigenvalue weighted by molar-refractivity contribution is 0.304. The maximum atomic E-state index is 14.8. The topological polar surface area (TPSA) is 0 Å². The number of benzene rings is 2. The van der Waals surface area contributed by atoms with Crippen LogP contribution in [0.1, 0.15) is 68.9 Å². The van der Waals surface area contributed by atoms with Crippen molar-refractivity contribution >= 4 is 0 Å². The number of halogens is 2. The van der Waals surface area contributed by atoms with Crippen LogP contribution in [0.2, 0.25) is 0 Å². The summed E-state index contributed by atoms with van der Waals surface area (Å²) >= 11 is 0. The summed E-state index contributed by atoms with van der Waals surface area (Å²) in [7, 11) is 0. The van der Waals surface area contributed by atoms with Gasteiger partial charge in [0.1, 0.15) is 11.6 Å². The molecule has 1 fully saturated rings. The molecule has 3 rings (SSSR count). The Morgan fingerprint density at radius 3 is 2.41 bits per heavy atom. The summed E-state index contributed by atoms with van der Waals surface area (Å²) in [5.41, 5.74) is 2.83. The molecule has 0 aromatic heterocycles. The third kappa shape index (κ3) is 4.86. The molecule has 0 saturated heterocycles. The van der Waals surface area contributed by atoms with Crippen LogP contribution < -0.4 is 0 Å². The number of rotatable bonds is 7. The van der Waals surface area contributed by atoms with Gasteiger partial charge in [0.25, 0.3) is 0 Å². The first-order valence-corrected chi connectivity index (χ1v) is 10.3. The first-order valence-electron chi connectivity index (χ1n) is 10.3. The first-order chi connectivity index (χ1) is 13.1. The zero-order valence-corrected chi connectivity index (χ0v) is 16.3. The van der Waals surface area contributed by atoms with Crippen molar-refractivity contribution in [2.24, 2.45) is 5.92 Å². The molecule has 0 atom stereocenters. The largest absolute Gasteiger partial charge is 0.207 e. The second-order valence-electron chi connectivity index (χ2n) is 7.88. The number of allylic oxidation sites excluding steroid dienone is 1. The minimum Gasteiger partial charge on any atom is -0.207 e. The molecule has 2 aromatic carbocycles. The van der Waals surface area contributed by atoms with Crippen molar-refractivity contribution in [3.63, 3.8) is 0 Å². The summed E-state index contributed by atoms with van der Waals surface area (Å²) in [5, 5.41) is 0. The second kappa shape index (κ2) is 9.30. The highest BCUT2D eigenvalue weighted by Crippen LogP contribution is 2.39. The molecule has 0 amide bonds. The van der Waals surface area contributed by atoms with Crippen molar-refractivity contribution < 1.29 is 8.78 Å². The molecule has 27 heavy (non-hydrogen) atoms. The van der Waals surface area contributed by atoms with Gasteiger partial charge >= 0.3 is 0 Å². The molecule has 1 aliphatic rings. The van der Waals surface area contributed by atoms with Crippen molar-refractivity contribution in [1.82, 2.24) is 0 Å². The predicted molar refractivity (Wildman–Crippen MR) is 110 cm³/mol. The molecule has 2 heteroatoms. The molecule has 0 nitrogen and oxygen atoms in total. The molecule has 0 bridgehead atoms. The van der Waals surface area contributed by atoms with Crippen LogP contribution in [0, 0.1) is 17.6 Å². The van der Waals surface area contributed by atoms with Gasteiger partial charge < -0.3 is 0 Å². The molecule has 1 aliphatic carbocycles. The molecular weight excluding hydrogens is 338 g/mol. The van der Waals surface area contributed by atoms with E-state index in [9.17, 15) is 8.78 Å². The fourth-order valence-electron chi connectivity index (χ4n) is 4.41. The minimum absolute atomic E-state index is 0.193. The Bertz CT molecular complexity index is 770. The van der Waals surface area contributed by atoms with Gasteiger partial charge in [-0.25, -0.2) is 8.78 Å². The van der Waals surface area contributed by atoms with Gasteiger partial charge in [0.15, 0.2) is 0 Å². The molecule has 1 saturated carbocycles. The van der Waals surface area contributed by atoms with Crippen molar-refractivity contribution in [3.8, 4) is 11.1 Å². The highest BCUT2D eigenvalue weighted by Gasteiger charge is 2.24. The van der Waals surface area contributed by atoms with Crippen LogP contribution in [-0.2, 0) is 6.42 Å². The van der Waals surface area contributed by atoms with Crippen molar-refractivity contribution in [1.29, 1.82) is 0 Å². The quantitative estimate of drug-likeness (QED) is 0.437. The van der Waals surface area contributed by atoms with Gasteiger partial charge in [-0.1, -0.05) is 50.1 Å². The first kappa shape index (κ1) is 19.8. The van der Waals surface area contributed by atoms with Gasteiger partial charge in [0.05, 0.1) is 0 Å². The fourth-order valence-corrected chi connectivity index (χ4v) is 4.41. The van der Waals surface area contributed by atoms with E-state index in [0.29, 0.717) is 17.0 Å². The van der Waals surface area contributed by atoms with Gasteiger partial charge in [-0.05, 0) is 79.2 Å². The Kier molecular flexibility index (Phi) is 6.82. The summed E-state index contributed by atoms with van der Waals surface area (Å²) in [6.07, 6.45) is 10.5. The predicted octanol–water partition coefficient (Wildman–Crippen LogP) is 7.82. The molecule has 0 heterocycles. The highest BCUT2D eigenvalue weighted by molar-refractivity contribution is 5.65. The van der Waals surface area contributed by atoms with Crippen molar-refractivity contribution in [3.05, 3.63) is 71.8 Å². The SMILES string of the molecule is C=CCCc1ccc(-c2ccc(C3CCC(CCC)CC3)c(F)c2)c(F)c1. The average Bonchev–Trinajstić information content (AvgIpc) is 2.67. The van der Waals surface area contributed by atoms with Crippen LogP contribution in [0.4, 0.5) is 8.78 Å². The summed E-state index contributed by atoms with van der Waals surface area (Å²) in [6, 6.07) is 10.5. The molecule has 0 N–H and O–H groups in total. The van der Waals surface area contributed by atoms with Crippen LogP contribution in [-0.4, -0.2) is 0 Å². The van der Waals surface area contributed by atoms with E-state index < -0.39 is 0 Å². The molecule has 0 unspecified atom stereocenters. The summed E-state index contributed by atoms with van der Waals surface area (Å²) in [5.74, 6) is 0.630. The number of hydrogen-bond acceptors (Lipinski definition) is 0. The van der Waals surface area contributed by atoms with E-state index >= 15 is 0 Å². The third-order valence-electron chi connectivity index (χ3n) is 5.97. The van der Waals surface area contributed by atoms with Crippen molar-refractivity contribution in [2.45, 2.75) is 64.2 Å². The minimum atomic E-state index is -0.288. The zero-order valence-electron chi connectivity index (χ0n) is 16.3. The van der Waals surface area contributed by atoms with Crippen LogP contribution in [0.15, 0.2) is 49.1 Å². The Labute approximate surface area is 162 Å². The summed E-state index contributed by atoms with van der Waals surface area (Å²) in [6.45, 7) is 5.93. The smallest absolute Gasteiger partial charge is 0.131 e. The Balaban J connectivity index is 1.74. The molecule has 2 aromatic rings. The van der Waals surface area contributed by atoms with Crippen LogP contribution in [0.5, 0.6) is 0 Å². The molecule has 0 radical (unpaired) electrons. The van der Waals surface area contributed by atoms with E-state index in [1.54, 1.807) is 12.1 Å². The lowest BCUT2D eigenvalue weighted by atomic mass is 9.77. The normalized spacial score (nSPS) is 19.8. The standard InChI is InChI=1S/C25H30F2/c1-3-5-7-19-10-14-23(24(26)16-19)21-13-15-22(25(27)17-21)20-11-8-18(6-4-2)9-12-20/h3,10,13-18,20H,1,4-9,11-12H2,2H3. The third-order valence-corrected chi connectivity index (χ3v) is 5.97. The highest BCUT2D eigenvalue weighted by atomic mass is 19.1. The number of hydrogen-bond donors (Lipinski definition) is 0. The molecule has 144 valence electrons. The van der Waals surface area contributed by atoms with Gasteiger partial charge in [-0.2, -0.15) is 0 Å². The van der Waals surface area contributed by atoms with Gasteiger partial charge in [0.2, 0.25) is 0 Å². The van der Waals surface area contributed by atoms with Crippen molar-refractivity contribution in [2.75, 3.05) is 0 Å². The van der Waals surface area contributed by atoms with E-state index in [2.05, 4.69) is 13.5 Å². The fraction of sp³-hybridized carbons (Fsp3) is 0.440. The molecule has 0 spiro atoms. The van der Waals surface area contributed by atoms with Gasteiger partial charge in [0, 0.05) is 5.56 Å². The molecule has 0 aliphatic heterocycles. The average molecular weight is 369 g/mol. The van der Waals surface area contributed by atoms with Crippen LogP contribution >= 0.6 is 0 Å². The maximum absolute atomic E-state index is 14.8. The molecular formula is C25H30F2. The second-order valence-corrected chi connectivity index (χ2v) is 7.88. The van der Waals surface area contributed by atoms with E-state index in [-0.39, 0.29) is 11.6 Å². The van der Waals surface area contributed by atoms with E-state index in [4.69, 9.17) is 0 Å². The van der Waals surface area contributed by atoms with Gasteiger partial charge in [-0.15, -0.1) is 6.58 Å².